The van der Waals surface area contributed by atoms with Gasteiger partial charge in [0.25, 0.3) is 0 Å². The van der Waals surface area contributed by atoms with E-state index in [1.54, 1.807) is 18.5 Å². The third-order valence-corrected chi connectivity index (χ3v) is 3.06. The van der Waals surface area contributed by atoms with Gasteiger partial charge in [-0.05, 0) is 41.1 Å². The van der Waals surface area contributed by atoms with Crippen LogP contribution in [0, 0.1) is 11.3 Å². The van der Waals surface area contributed by atoms with Crippen molar-refractivity contribution in [3.63, 3.8) is 0 Å². The van der Waals surface area contributed by atoms with Gasteiger partial charge in [-0.1, -0.05) is 0 Å². The number of H-pyrrole nitrogens is 1. The molecule has 0 saturated carbocycles. The number of rotatable bonds is 3. The fourth-order valence-corrected chi connectivity index (χ4v) is 2.00. The molecule has 0 spiro atoms. The largest absolute Gasteiger partial charge is 0.375 e. The molecule has 1 unspecified atom stereocenters. The average Bonchev–Trinajstić information content (AvgIpc) is 2.82. The van der Waals surface area contributed by atoms with Gasteiger partial charge in [-0.15, -0.1) is 0 Å². The van der Waals surface area contributed by atoms with Crippen molar-refractivity contribution < 1.29 is 0 Å². The van der Waals surface area contributed by atoms with Gasteiger partial charge < -0.3 is 10.3 Å². The standard InChI is InChI=1S/C12H11BrN4/c1-8(12-15-4-5-16-12)17-10-3-2-9(7-14)11(13)6-10/h2-6,8,17H,1H3,(H,15,16). The lowest BCUT2D eigenvalue weighted by Crippen LogP contribution is -2.08. The van der Waals surface area contributed by atoms with E-state index >= 15 is 0 Å². The number of halogens is 1. The summed E-state index contributed by atoms with van der Waals surface area (Å²) in [6.07, 6.45) is 3.52. The minimum absolute atomic E-state index is 0.0878. The van der Waals surface area contributed by atoms with Crippen molar-refractivity contribution in [3.8, 4) is 6.07 Å². The molecule has 1 heterocycles. The number of nitrogens with one attached hydrogen (secondary N) is 2. The molecule has 1 aromatic heterocycles. The Morgan fingerprint density at radius 1 is 1.53 bits per heavy atom. The number of anilines is 1. The number of aromatic amines is 1. The Kier molecular flexibility index (Phi) is 3.45. The van der Waals surface area contributed by atoms with Crippen LogP contribution in [0.4, 0.5) is 5.69 Å². The molecule has 1 atom stereocenters. The maximum atomic E-state index is 8.83. The molecular weight excluding hydrogens is 280 g/mol. The Bertz CT molecular complexity index is 542. The summed E-state index contributed by atoms with van der Waals surface area (Å²) < 4.78 is 0.789. The van der Waals surface area contributed by atoms with Crippen molar-refractivity contribution >= 4 is 21.6 Å². The number of benzene rings is 1. The van der Waals surface area contributed by atoms with Gasteiger partial charge in [0.2, 0.25) is 0 Å². The minimum atomic E-state index is 0.0878. The highest BCUT2D eigenvalue weighted by Gasteiger charge is 2.08. The van der Waals surface area contributed by atoms with Gasteiger partial charge >= 0.3 is 0 Å². The Morgan fingerprint density at radius 3 is 2.94 bits per heavy atom. The van der Waals surface area contributed by atoms with E-state index in [2.05, 4.69) is 37.3 Å². The quantitative estimate of drug-likeness (QED) is 0.912. The summed E-state index contributed by atoms with van der Waals surface area (Å²) in [5.74, 6) is 0.880. The molecule has 4 nitrogen and oxygen atoms in total. The second-order valence-corrected chi connectivity index (χ2v) is 4.50. The maximum Gasteiger partial charge on any atom is 0.128 e. The summed E-state index contributed by atoms with van der Waals surface area (Å²) >= 11 is 3.36. The van der Waals surface area contributed by atoms with E-state index in [4.69, 9.17) is 5.26 Å². The number of nitrogens with zero attached hydrogens (tertiary/aromatic N) is 2. The predicted octanol–water partition coefficient (Wildman–Crippen LogP) is 3.22. The fourth-order valence-electron chi connectivity index (χ4n) is 1.53. The summed E-state index contributed by atoms with van der Waals surface area (Å²) in [6, 6.07) is 7.74. The molecule has 2 aromatic rings. The highest BCUT2D eigenvalue weighted by atomic mass is 79.9. The fraction of sp³-hybridized carbons (Fsp3) is 0.167. The van der Waals surface area contributed by atoms with Gasteiger partial charge in [0.05, 0.1) is 11.6 Å². The van der Waals surface area contributed by atoms with Gasteiger partial charge in [0, 0.05) is 22.6 Å². The van der Waals surface area contributed by atoms with Gasteiger partial charge in [-0.3, -0.25) is 0 Å². The Labute approximate surface area is 108 Å². The molecule has 0 aliphatic heterocycles. The van der Waals surface area contributed by atoms with E-state index < -0.39 is 0 Å². The molecule has 0 bridgehead atoms. The highest BCUT2D eigenvalue weighted by molar-refractivity contribution is 9.10. The van der Waals surface area contributed by atoms with Crippen LogP contribution in [-0.2, 0) is 0 Å². The maximum absolute atomic E-state index is 8.83. The minimum Gasteiger partial charge on any atom is -0.375 e. The summed E-state index contributed by atoms with van der Waals surface area (Å²) in [5, 5.41) is 12.1. The van der Waals surface area contributed by atoms with Crippen LogP contribution < -0.4 is 5.32 Å². The van der Waals surface area contributed by atoms with E-state index in [1.165, 1.54) is 0 Å². The second kappa shape index (κ2) is 5.02. The summed E-state index contributed by atoms with van der Waals surface area (Å²) in [4.78, 5) is 7.24. The monoisotopic (exact) mass is 290 g/mol. The lowest BCUT2D eigenvalue weighted by atomic mass is 10.2. The van der Waals surface area contributed by atoms with Crippen molar-refractivity contribution in [2.75, 3.05) is 5.32 Å². The first kappa shape index (κ1) is 11.7. The van der Waals surface area contributed by atoms with Crippen molar-refractivity contribution in [3.05, 3.63) is 46.5 Å². The first-order valence-corrected chi connectivity index (χ1v) is 5.95. The number of aromatic nitrogens is 2. The molecule has 2 N–H and O–H groups in total. The zero-order valence-corrected chi connectivity index (χ0v) is 10.8. The first-order chi connectivity index (χ1) is 8.20. The topological polar surface area (TPSA) is 64.5 Å². The van der Waals surface area contributed by atoms with Crippen LogP contribution in [0.15, 0.2) is 35.1 Å². The SMILES string of the molecule is CC(Nc1ccc(C#N)c(Br)c1)c1ncc[nH]1. The molecule has 0 aliphatic carbocycles. The smallest absolute Gasteiger partial charge is 0.128 e. The lowest BCUT2D eigenvalue weighted by Gasteiger charge is -2.13. The molecule has 1 aromatic carbocycles. The second-order valence-electron chi connectivity index (χ2n) is 3.65. The molecule has 0 amide bonds. The summed E-state index contributed by atoms with van der Waals surface area (Å²) in [5.41, 5.74) is 1.57. The van der Waals surface area contributed by atoms with Crippen LogP contribution in [0.5, 0.6) is 0 Å². The predicted molar refractivity (Wildman–Crippen MR) is 69.5 cm³/mol. The number of hydrogen-bond donors (Lipinski definition) is 2. The molecule has 0 saturated heterocycles. The van der Waals surface area contributed by atoms with Crippen molar-refractivity contribution in [2.24, 2.45) is 0 Å². The van der Waals surface area contributed by atoms with E-state index in [0.717, 1.165) is 16.0 Å². The molecule has 17 heavy (non-hydrogen) atoms. The Morgan fingerprint density at radius 2 is 2.35 bits per heavy atom. The van der Waals surface area contributed by atoms with Gasteiger partial charge in [-0.25, -0.2) is 4.98 Å². The first-order valence-electron chi connectivity index (χ1n) is 5.16. The van der Waals surface area contributed by atoms with Gasteiger partial charge in [0.15, 0.2) is 0 Å². The Hall–Kier alpha value is -1.80. The molecule has 0 aliphatic rings. The third kappa shape index (κ3) is 2.66. The summed E-state index contributed by atoms with van der Waals surface area (Å²) in [7, 11) is 0. The van der Waals surface area contributed by atoms with E-state index in [9.17, 15) is 0 Å². The lowest BCUT2D eigenvalue weighted by molar-refractivity contribution is 0.810. The van der Waals surface area contributed by atoms with Crippen molar-refractivity contribution in [2.45, 2.75) is 13.0 Å². The molecular formula is C12H11BrN4. The van der Waals surface area contributed by atoms with E-state index in [-0.39, 0.29) is 6.04 Å². The summed E-state index contributed by atoms with van der Waals surface area (Å²) in [6.45, 7) is 2.02. The Balaban J connectivity index is 2.15. The van der Waals surface area contributed by atoms with Crippen molar-refractivity contribution in [1.29, 1.82) is 5.26 Å². The van der Waals surface area contributed by atoms with Crippen LogP contribution in [-0.4, -0.2) is 9.97 Å². The normalized spacial score (nSPS) is 11.8. The number of imidazole rings is 1. The van der Waals surface area contributed by atoms with Crippen LogP contribution in [0.25, 0.3) is 0 Å². The van der Waals surface area contributed by atoms with Crippen molar-refractivity contribution in [1.82, 2.24) is 9.97 Å². The molecule has 0 radical (unpaired) electrons. The average molecular weight is 291 g/mol. The van der Waals surface area contributed by atoms with E-state index in [1.807, 2.05) is 19.1 Å². The number of hydrogen-bond acceptors (Lipinski definition) is 3. The van der Waals surface area contributed by atoms with Crippen LogP contribution in [0.3, 0.4) is 0 Å². The van der Waals surface area contributed by atoms with Gasteiger partial charge in [0.1, 0.15) is 11.9 Å². The molecule has 5 heteroatoms. The van der Waals surface area contributed by atoms with Crippen LogP contribution in [0.1, 0.15) is 24.4 Å². The molecule has 0 fully saturated rings. The van der Waals surface area contributed by atoms with Crippen LogP contribution >= 0.6 is 15.9 Å². The third-order valence-electron chi connectivity index (χ3n) is 2.40. The zero-order chi connectivity index (χ0) is 12.3. The van der Waals surface area contributed by atoms with E-state index in [0.29, 0.717) is 5.56 Å². The highest BCUT2D eigenvalue weighted by Crippen LogP contribution is 2.23. The van der Waals surface area contributed by atoms with Gasteiger partial charge in [-0.2, -0.15) is 5.26 Å². The zero-order valence-electron chi connectivity index (χ0n) is 9.24. The molecule has 86 valence electrons. The molecule has 2 rings (SSSR count). The van der Waals surface area contributed by atoms with Crippen LogP contribution in [0.2, 0.25) is 0 Å². The number of nitriles is 1.